The highest BCUT2D eigenvalue weighted by atomic mass is 16.4. The number of carbonyl (C=O) groups is 2. The molecule has 0 radical (unpaired) electrons. The standard InChI is InChI=1S/C16H24N4O8/c1-7(2)8(22)4-20-11(25)5-19(3-9(23)13(26)10(24)6-21)14-12(20)15(27)18-16(28)17-14/h7,9-10,13,21,23-24,26H,3-6H2,1-2H3,(H2,17,18,27,28)/t9-,10+,13-/m0/s1. The molecule has 0 fully saturated rings. The second-order valence-corrected chi connectivity index (χ2v) is 6.89. The Kier molecular flexibility index (Phi) is 6.72. The number of aromatic nitrogens is 2. The van der Waals surface area contributed by atoms with Crippen LogP contribution < -0.4 is 21.0 Å². The number of anilines is 2. The van der Waals surface area contributed by atoms with E-state index in [1.807, 2.05) is 4.98 Å². The fraction of sp³-hybridized carbons (Fsp3) is 0.625. The summed E-state index contributed by atoms with van der Waals surface area (Å²) in [6, 6.07) is 0. The zero-order chi connectivity index (χ0) is 21.2. The average molecular weight is 400 g/mol. The Hall–Kier alpha value is -2.54. The number of Topliss-reactive ketones (excluding diaryl/α,β-unsaturated/α-hetero) is 1. The smallest absolute Gasteiger partial charge is 0.327 e. The van der Waals surface area contributed by atoms with Crippen LogP contribution in [-0.4, -0.2) is 86.6 Å². The van der Waals surface area contributed by atoms with Crippen LogP contribution in [0.1, 0.15) is 13.8 Å². The summed E-state index contributed by atoms with van der Waals surface area (Å²) in [7, 11) is 0. The summed E-state index contributed by atoms with van der Waals surface area (Å²) in [5.41, 5.74) is -2.00. The van der Waals surface area contributed by atoms with Crippen molar-refractivity contribution in [2.24, 2.45) is 5.92 Å². The SMILES string of the molecule is CC(C)C(=O)CN1C(=O)CN(C[C@H](O)[C@H](O)[C@H](O)CO)c2[nH]c(=O)[nH]c(=O)c21. The molecule has 12 heteroatoms. The number of aliphatic hydroxyl groups is 4. The van der Waals surface area contributed by atoms with E-state index in [0.717, 1.165) is 9.80 Å². The summed E-state index contributed by atoms with van der Waals surface area (Å²) in [5, 5.41) is 38.2. The molecule has 1 aromatic heterocycles. The lowest BCUT2D eigenvalue weighted by atomic mass is 10.1. The number of carbonyl (C=O) groups excluding carboxylic acids is 2. The average Bonchev–Trinajstić information content (AvgIpc) is 2.62. The van der Waals surface area contributed by atoms with E-state index in [2.05, 4.69) is 4.98 Å². The van der Waals surface area contributed by atoms with Crippen LogP contribution >= 0.6 is 0 Å². The molecule has 1 aliphatic heterocycles. The number of nitrogens with one attached hydrogen (secondary N) is 2. The summed E-state index contributed by atoms with van der Waals surface area (Å²) in [6.45, 7) is 1.31. The second-order valence-electron chi connectivity index (χ2n) is 6.89. The van der Waals surface area contributed by atoms with E-state index in [1.54, 1.807) is 13.8 Å². The van der Waals surface area contributed by atoms with E-state index in [4.69, 9.17) is 5.11 Å². The van der Waals surface area contributed by atoms with Gasteiger partial charge >= 0.3 is 5.69 Å². The quantitative estimate of drug-likeness (QED) is 0.257. The zero-order valence-electron chi connectivity index (χ0n) is 15.5. The lowest BCUT2D eigenvalue weighted by Crippen LogP contribution is -2.55. The second kappa shape index (κ2) is 8.65. The molecule has 3 atom stereocenters. The van der Waals surface area contributed by atoms with Crippen LogP contribution in [0, 0.1) is 5.92 Å². The summed E-state index contributed by atoms with van der Waals surface area (Å²) in [5.74, 6) is -1.40. The molecule has 1 aromatic rings. The van der Waals surface area contributed by atoms with E-state index >= 15 is 0 Å². The van der Waals surface area contributed by atoms with Gasteiger partial charge in [-0.2, -0.15) is 0 Å². The molecule has 6 N–H and O–H groups in total. The first-order valence-electron chi connectivity index (χ1n) is 8.66. The number of β-amino-alcohol motifs (C(OH)–C–C–N with tert-alkyl or cyclic N) is 1. The molecule has 0 aliphatic carbocycles. The van der Waals surface area contributed by atoms with Gasteiger partial charge in [-0.25, -0.2) is 4.79 Å². The van der Waals surface area contributed by atoms with Crippen LogP contribution in [0.4, 0.5) is 11.5 Å². The van der Waals surface area contributed by atoms with Gasteiger partial charge < -0.3 is 25.3 Å². The third kappa shape index (κ3) is 4.47. The van der Waals surface area contributed by atoms with Gasteiger partial charge in [-0.3, -0.25) is 29.3 Å². The van der Waals surface area contributed by atoms with Gasteiger partial charge in [0.05, 0.1) is 19.7 Å². The monoisotopic (exact) mass is 400 g/mol. The Morgan fingerprint density at radius 3 is 2.32 bits per heavy atom. The molecule has 156 valence electrons. The van der Waals surface area contributed by atoms with E-state index in [-0.39, 0.29) is 29.8 Å². The number of aromatic amines is 2. The number of aliphatic hydroxyl groups excluding tert-OH is 4. The van der Waals surface area contributed by atoms with Crippen molar-refractivity contribution >= 4 is 23.2 Å². The van der Waals surface area contributed by atoms with E-state index in [1.165, 1.54) is 0 Å². The Morgan fingerprint density at radius 1 is 1.11 bits per heavy atom. The van der Waals surface area contributed by atoms with Gasteiger partial charge in [0.25, 0.3) is 5.56 Å². The first-order chi connectivity index (χ1) is 13.1. The molecular weight excluding hydrogens is 376 g/mol. The number of hydrogen-bond donors (Lipinski definition) is 6. The van der Waals surface area contributed by atoms with Gasteiger partial charge in [0, 0.05) is 12.5 Å². The van der Waals surface area contributed by atoms with Crippen molar-refractivity contribution in [3.8, 4) is 0 Å². The number of H-pyrrole nitrogens is 2. The molecule has 0 spiro atoms. The minimum Gasteiger partial charge on any atom is -0.394 e. The van der Waals surface area contributed by atoms with Crippen molar-refractivity contribution in [3.05, 3.63) is 20.8 Å². The molecule has 0 aromatic carbocycles. The molecule has 0 saturated carbocycles. The van der Waals surface area contributed by atoms with E-state index < -0.39 is 55.2 Å². The summed E-state index contributed by atoms with van der Waals surface area (Å²) in [6.07, 6.45) is -4.94. The summed E-state index contributed by atoms with van der Waals surface area (Å²) >= 11 is 0. The number of ketones is 1. The Balaban J connectivity index is 2.41. The molecule has 0 bridgehead atoms. The van der Waals surface area contributed by atoms with Gasteiger partial charge in [0.2, 0.25) is 5.91 Å². The molecule has 1 aliphatic rings. The van der Waals surface area contributed by atoms with Crippen LogP contribution in [0.5, 0.6) is 0 Å². The number of amides is 1. The summed E-state index contributed by atoms with van der Waals surface area (Å²) in [4.78, 5) is 55.1. The number of rotatable bonds is 8. The highest BCUT2D eigenvalue weighted by Crippen LogP contribution is 2.27. The maximum atomic E-state index is 12.6. The Morgan fingerprint density at radius 2 is 1.75 bits per heavy atom. The third-order valence-corrected chi connectivity index (χ3v) is 4.45. The van der Waals surface area contributed by atoms with Gasteiger partial charge in [-0.15, -0.1) is 0 Å². The van der Waals surface area contributed by atoms with Gasteiger partial charge in [-0.05, 0) is 0 Å². The van der Waals surface area contributed by atoms with Crippen LogP contribution in [0.3, 0.4) is 0 Å². The van der Waals surface area contributed by atoms with Crippen molar-refractivity contribution in [2.75, 3.05) is 36.0 Å². The predicted molar refractivity (Wildman–Crippen MR) is 97.2 cm³/mol. The van der Waals surface area contributed by atoms with Crippen molar-refractivity contribution in [3.63, 3.8) is 0 Å². The summed E-state index contributed by atoms with van der Waals surface area (Å²) < 4.78 is 0. The van der Waals surface area contributed by atoms with Gasteiger partial charge in [-0.1, -0.05) is 13.8 Å². The maximum Gasteiger partial charge on any atom is 0.327 e. The Bertz CT molecular complexity index is 848. The normalized spacial score (nSPS) is 17.5. The fourth-order valence-corrected chi connectivity index (χ4v) is 2.76. The van der Waals surface area contributed by atoms with Crippen LogP contribution in [0.25, 0.3) is 0 Å². The minimum absolute atomic E-state index is 0.102. The zero-order valence-corrected chi connectivity index (χ0v) is 15.5. The van der Waals surface area contributed by atoms with Crippen LogP contribution in [-0.2, 0) is 9.59 Å². The highest BCUT2D eigenvalue weighted by molar-refractivity contribution is 6.06. The van der Waals surface area contributed by atoms with Crippen molar-refractivity contribution in [1.82, 2.24) is 9.97 Å². The fourth-order valence-electron chi connectivity index (χ4n) is 2.76. The first-order valence-corrected chi connectivity index (χ1v) is 8.66. The number of hydrogen-bond acceptors (Lipinski definition) is 9. The molecule has 2 heterocycles. The lowest BCUT2D eigenvalue weighted by molar-refractivity contribution is -0.124. The number of fused-ring (bicyclic) bond motifs is 1. The highest BCUT2D eigenvalue weighted by Gasteiger charge is 2.36. The molecule has 1 amide bonds. The molecule has 0 saturated heterocycles. The van der Waals surface area contributed by atoms with Gasteiger partial charge in [0.15, 0.2) is 11.5 Å². The predicted octanol–water partition coefficient (Wildman–Crippen LogP) is -3.48. The molecule has 12 nitrogen and oxygen atoms in total. The van der Waals surface area contributed by atoms with Crippen molar-refractivity contribution < 1.29 is 30.0 Å². The molecule has 0 unspecified atom stereocenters. The van der Waals surface area contributed by atoms with Gasteiger partial charge in [0.1, 0.15) is 24.1 Å². The van der Waals surface area contributed by atoms with E-state index in [0.29, 0.717) is 0 Å². The van der Waals surface area contributed by atoms with Crippen molar-refractivity contribution in [2.45, 2.75) is 32.2 Å². The van der Waals surface area contributed by atoms with Crippen LogP contribution in [0.15, 0.2) is 9.59 Å². The molecule has 2 rings (SSSR count). The molecule has 28 heavy (non-hydrogen) atoms. The van der Waals surface area contributed by atoms with E-state index in [9.17, 15) is 34.5 Å². The molecular formula is C16H24N4O8. The Labute approximate surface area is 159 Å². The third-order valence-electron chi connectivity index (χ3n) is 4.45. The van der Waals surface area contributed by atoms with Crippen LogP contribution in [0.2, 0.25) is 0 Å². The first kappa shape index (κ1) is 21.8. The van der Waals surface area contributed by atoms with Crippen molar-refractivity contribution in [1.29, 1.82) is 0 Å². The topological polar surface area (TPSA) is 187 Å². The lowest BCUT2D eigenvalue weighted by Gasteiger charge is -2.37. The maximum absolute atomic E-state index is 12.6. The largest absolute Gasteiger partial charge is 0.394 e. The number of nitrogens with zero attached hydrogens (tertiary/aromatic N) is 2. The minimum atomic E-state index is -1.72.